The zero-order valence-electron chi connectivity index (χ0n) is 11.2. The summed E-state index contributed by atoms with van der Waals surface area (Å²) in [5.74, 6) is -0.238. The van der Waals surface area contributed by atoms with Gasteiger partial charge in [0.15, 0.2) is 0 Å². The van der Waals surface area contributed by atoms with Gasteiger partial charge in [-0.2, -0.15) is 0 Å². The lowest BCUT2D eigenvalue weighted by Gasteiger charge is -2.18. The molecule has 2 aromatic rings. The molecule has 1 nitrogen and oxygen atoms in total. The average Bonchev–Trinajstić information content (AvgIpc) is 2.45. The van der Waals surface area contributed by atoms with E-state index in [1.807, 2.05) is 24.3 Å². The molecule has 0 aromatic heterocycles. The van der Waals surface area contributed by atoms with E-state index >= 15 is 0 Å². The molecule has 0 radical (unpaired) electrons. The summed E-state index contributed by atoms with van der Waals surface area (Å²) in [7, 11) is 0. The highest BCUT2D eigenvalue weighted by atomic mass is 79.9. The fourth-order valence-electron chi connectivity index (χ4n) is 2.08. The number of hydrogen-bond donors (Lipinski definition) is 1. The molecule has 1 atom stereocenters. The summed E-state index contributed by atoms with van der Waals surface area (Å²) in [6.45, 7) is 2.83. The van der Waals surface area contributed by atoms with Crippen molar-refractivity contribution in [3.63, 3.8) is 0 Å². The zero-order valence-corrected chi connectivity index (χ0v) is 13.5. The van der Waals surface area contributed by atoms with Crippen molar-refractivity contribution in [1.82, 2.24) is 5.32 Å². The first-order valence-electron chi connectivity index (χ1n) is 6.53. The highest BCUT2D eigenvalue weighted by molar-refractivity contribution is 9.10. The summed E-state index contributed by atoms with van der Waals surface area (Å²) >= 11 is 9.11. The lowest BCUT2D eigenvalue weighted by Crippen LogP contribution is -2.20. The van der Waals surface area contributed by atoms with Gasteiger partial charge in [-0.05, 0) is 57.7 Å². The van der Waals surface area contributed by atoms with Gasteiger partial charge in [0.05, 0.1) is 4.47 Å². The van der Waals surface area contributed by atoms with Gasteiger partial charge < -0.3 is 5.32 Å². The quantitative estimate of drug-likeness (QED) is 0.747. The van der Waals surface area contributed by atoms with Crippen molar-refractivity contribution >= 4 is 27.5 Å². The van der Waals surface area contributed by atoms with E-state index in [9.17, 15) is 4.39 Å². The Labute approximate surface area is 132 Å². The minimum absolute atomic E-state index is 0.238. The third-order valence-electron chi connectivity index (χ3n) is 3.22. The van der Waals surface area contributed by atoms with Crippen LogP contribution in [-0.2, 0) is 6.54 Å². The van der Waals surface area contributed by atoms with Gasteiger partial charge in [0.1, 0.15) is 5.82 Å². The topological polar surface area (TPSA) is 12.0 Å². The molecule has 0 aliphatic rings. The molecule has 1 N–H and O–H groups in total. The maximum absolute atomic E-state index is 13.2. The summed E-state index contributed by atoms with van der Waals surface area (Å²) in [6.07, 6.45) is 0.976. The summed E-state index contributed by atoms with van der Waals surface area (Å²) in [6, 6.07) is 13.2. The van der Waals surface area contributed by atoms with Crippen LogP contribution in [0.2, 0.25) is 5.02 Å². The Morgan fingerprint density at radius 1 is 1.20 bits per heavy atom. The van der Waals surface area contributed by atoms with Crippen molar-refractivity contribution in [3.05, 3.63) is 68.9 Å². The van der Waals surface area contributed by atoms with Crippen LogP contribution in [0, 0.1) is 5.82 Å². The Kier molecular flexibility index (Phi) is 5.58. The summed E-state index contributed by atoms with van der Waals surface area (Å²) in [4.78, 5) is 0. The molecule has 1 unspecified atom stereocenters. The molecular formula is C16H16BrClFN. The Hall–Kier alpha value is -0.900. The molecule has 0 amide bonds. The molecule has 0 fully saturated rings. The highest BCUT2D eigenvalue weighted by Crippen LogP contribution is 2.21. The third kappa shape index (κ3) is 4.05. The Morgan fingerprint density at radius 3 is 2.50 bits per heavy atom. The van der Waals surface area contributed by atoms with Gasteiger partial charge in [-0.25, -0.2) is 4.39 Å². The maximum Gasteiger partial charge on any atom is 0.137 e. The lowest BCUT2D eigenvalue weighted by molar-refractivity contribution is 0.518. The summed E-state index contributed by atoms with van der Waals surface area (Å²) in [5.41, 5.74) is 2.25. The first-order chi connectivity index (χ1) is 9.60. The van der Waals surface area contributed by atoms with E-state index < -0.39 is 0 Å². The monoisotopic (exact) mass is 355 g/mol. The second-order valence-electron chi connectivity index (χ2n) is 4.64. The molecule has 20 heavy (non-hydrogen) atoms. The van der Waals surface area contributed by atoms with Gasteiger partial charge in [0, 0.05) is 17.6 Å². The van der Waals surface area contributed by atoms with Crippen molar-refractivity contribution in [1.29, 1.82) is 0 Å². The van der Waals surface area contributed by atoms with E-state index in [2.05, 4.69) is 28.2 Å². The van der Waals surface area contributed by atoms with Crippen LogP contribution in [0.4, 0.5) is 4.39 Å². The van der Waals surface area contributed by atoms with Crippen LogP contribution in [0.1, 0.15) is 30.5 Å². The normalized spacial score (nSPS) is 12.4. The van der Waals surface area contributed by atoms with E-state index in [4.69, 9.17) is 11.6 Å². The first-order valence-corrected chi connectivity index (χ1v) is 7.70. The minimum Gasteiger partial charge on any atom is -0.306 e. The third-order valence-corrected chi connectivity index (χ3v) is 4.08. The Balaban J connectivity index is 2.03. The van der Waals surface area contributed by atoms with E-state index in [0.29, 0.717) is 11.0 Å². The van der Waals surface area contributed by atoms with Gasteiger partial charge in [-0.15, -0.1) is 0 Å². The van der Waals surface area contributed by atoms with Crippen molar-refractivity contribution in [2.45, 2.75) is 25.9 Å². The lowest BCUT2D eigenvalue weighted by atomic mass is 10.0. The molecule has 106 valence electrons. The number of benzene rings is 2. The van der Waals surface area contributed by atoms with E-state index in [-0.39, 0.29) is 11.9 Å². The second-order valence-corrected chi connectivity index (χ2v) is 5.93. The fraction of sp³-hybridized carbons (Fsp3) is 0.250. The van der Waals surface area contributed by atoms with Gasteiger partial charge in [-0.1, -0.05) is 36.7 Å². The van der Waals surface area contributed by atoms with Crippen LogP contribution in [0.25, 0.3) is 0 Å². The Morgan fingerprint density at radius 2 is 1.90 bits per heavy atom. The highest BCUT2D eigenvalue weighted by Gasteiger charge is 2.09. The van der Waals surface area contributed by atoms with Crippen molar-refractivity contribution in [3.8, 4) is 0 Å². The Bertz CT molecular complexity index is 571. The molecular weight excluding hydrogens is 341 g/mol. The van der Waals surface area contributed by atoms with Crippen molar-refractivity contribution in [2.75, 3.05) is 0 Å². The van der Waals surface area contributed by atoms with Gasteiger partial charge in [-0.3, -0.25) is 0 Å². The standard InChI is InChI=1S/C16H16BrClFN/c1-2-16(12-4-6-13(18)7-5-12)20-10-11-3-8-15(19)14(17)9-11/h3-9,16,20H,2,10H2,1H3. The van der Waals surface area contributed by atoms with Gasteiger partial charge >= 0.3 is 0 Å². The zero-order chi connectivity index (χ0) is 14.5. The van der Waals surface area contributed by atoms with Crippen molar-refractivity contribution in [2.24, 2.45) is 0 Å². The predicted octanol–water partition coefficient (Wildman–Crippen LogP) is 5.48. The second kappa shape index (κ2) is 7.21. The number of rotatable bonds is 5. The average molecular weight is 357 g/mol. The minimum atomic E-state index is -0.238. The number of nitrogens with one attached hydrogen (secondary N) is 1. The molecule has 0 heterocycles. The molecule has 2 rings (SSSR count). The molecule has 0 bridgehead atoms. The summed E-state index contributed by atoms with van der Waals surface area (Å²) < 4.78 is 13.7. The van der Waals surface area contributed by atoms with E-state index in [1.165, 1.54) is 11.6 Å². The predicted molar refractivity (Wildman–Crippen MR) is 85.4 cm³/mol. The molecule has 4 heteroatoms. The largest absolute Gasteiger partial charge is 0.306 e. The molecule has 0 spiro atoms. The van der Waals surface area contributed by atoms with Crippen LogP contribution in [0.3, 0.4) is 0 Å². The fourth-order valence-corrected chi connectivity index (χ4v) is 2.64. The van der Waals surface area contributed by atoms with Crippen LogP contribution in [-0.4, -0.2) is 0 Å². The smallest absolute Gasteiger partial charge is 0.137 e. The molecule has 2 aromatic carbocycles. The van der Waals surface area contributed by atoms with Crippen LogP contribution >= 0.6 is 27.5 Å². The first kappa shape index (κ1) is 15.5. The van der Waals surface area contributed by atoms with Gasteiger partial charge in [0.25, 0.3) is 0 Å². The van der Waals surface area contributed by atoms with E-state index in [1.54, 1.807) is 12.1 Å². The van der Waals surface area contributed by atoms with Crippen LogP contribution in [0.15, 0.2) is 46.9 Å². The SMILES string of the molecule is CCC(NCc1ccc(F)c(Br)c1)c1ccc(Cl)cc1. The maximum atomic E-state index is 13.2. The molecule has 0 saturated carbocycles. The van der Waals surface area contributed by atoms with Crippen molar-refractivity contribution < 1.29 is 4.39 Å². The molecule has 0 aliphatic carbocycles. The van der Waals surface area contributed by atoms with E-state index in [0.717, 1.165) is 17.0 Å². The number of halogens is 3. The molecule has 0 saturated heterocycles. The number of hydrogen-bond acceptors (Lipinski definition) is 1. The van der Waals surface area contributed by atoms with Gasteiger partial charge in [0.2, 0.25) is 0 Å². The molecule has 0 aliphatic heterocycles. The van der Waals surface area contributed by atoms with Crippen LogP contribution < -0.4 is 5.32 Å². The van der Waals surface area contributed by atoms with Crippen LogP contribution in [0.5, 0.6) is 0 Å². The summed E-state index contributed by atoms with van der Waals surface area (Å²) in [5, 5.41) is 4.22.